The molecule has 0 radical (unpaired) electrons. The van der Waals surface area contributed by atoms with E-state index in [0.29, 0.717) is 18.7 Å². The van der Waals surface area contributed by atoms with Crippen LogP contribution in [0.1, 0.15) is 34.2 Å². The van der Waals surface area contributed by atoms with E-state index in [-0.39, 0.29) is 5.91 Å². The number of amides is 1. The summed E-state index contributed by atoms with van der Waals surface area (Å²) in [7, 11) is 1.94. The Balaban J connectivity index is 1.62. The normalized spacial score (nSPS) is 10.6. The fourth-order valence-electron chi connectivity index (χ4n) is 2.87. The number of hydrogen-bond acceptors (Lipinski definition) is 3. The molecule has 5 nitrogen and oxygen atoms in total. The average molecular weight is 362 g/mol. The van der Waals surface area contributed by atoms with E-state index < -0.39 is 0 Å². The van der Waals surface area contributed by atoms with Crippen molar-refractivity contribution < 1.29 is 4.79 Å². The van der Waals surface area contributed by atoms with E-state index in [1.54, 1.807) is 6.20 Å². The van der Waals surface area contributed by atoms with Gasteiger partial charge in [0, 0.05) is 43.8 Å². The average Bonchev–Trinajstić information content (AvgIpc) is 3.10. The van der Waals surface area contributed by atoms with Crippen molar-refractivity contribution in [3.05, 3.63) is 83.4 Å². The predicted molar refractivity (Wildman–Crippen MR) is 109 cm³/mol. The van der Waals surface area contributed by atoms with Crippen LogP contribution in [0.4, 0.5) is 5.69 Å². The minimum atomic E-state index is 0.0264. The number of hydrogen-bond donors (Lipinski definition) is 1. The molecule has 0 unspecified atom stereocenters. The van der Waals surface area contributed by atoms with Crippen LogP contribution >= 0.6 is 0 Å². The zero-order chi connectivity index (χ0) is 19.2. The van der Waals surface area contributed by atoms with Crippen molar-refractivity contribution in [2.24, 2.45) is 7.05 Å². The second-order valence-electron chi connectivity index (χ2n) is 6.69. The minimum absolute atomic E-state index is 0.0264. The number of aromatic nitrogens is 2. The molecule has 1 N–H and O–H groups in total. The number of nitrogens with one attached hydrogen (secondary N) is 1. The van der Waals surface area contributed by atoms with Gasteiger partial charge < -0.3 is 14.8 Å². The lowest BCUT2D eigenvalue weighted by atomic mass is 10.1. The number of benzene rings is 2. The summed E-state index contributed by atoms with van der Waals surface area (Å²) in [6.45, 7) is 5.94. The van der Waals surface area contributed by atoms with Gasteiger partial charge in [-0.25, -0.2) is 4.98 Å². The maximum Gasteiger partial charge on any atom is 0.254 e. The summed E-state index contributed by atoms with van der Waals surface area (Å²) in [5, 5.41) is 3.40. The zero-order valence-electron chi connectivity index (χ0n) is 16.1. The summed E-state index contributed by atoms with van der Waals surface area (Å²) in [5.74, 6) is 0.905. The Morgan fingerprint density at radius 1 is 1.11 bits per heavy atom. The smallest absolute Gasteiger partial charge is 0.254 e. The van der Waals surface area contributed by atoms with E-state index in [1.165, 1.54) is 5.56 Å². The Labute approximate surface area is 160 Å². The molecule has 0 aliphatic carbocycles. The van der Waals surface area contributed by atoms with Gasteiger partial charge in [0.15, 0.2) is 0 Å². The summed E-state index contributed by atoms with van der Waals surface area (Å²) < 4.78 is 1.94. The molecular weight excluding hydrogens is 336 g/mol. The highest BCUT2D eigenvalue weighted by molar-refractivity contribution is 5.94. The van der Waals surface area contributed by atoms with Gasteiger partial charge in [-0.3, -0.25) is 4.79 Å². The van der Waals surface area contributed by atoms with Crippen LogP contribution in [0.25, 0.3) is 0 Å². The third-order valence-corrected chi connectivity index (χ3v) is 4.67. The molecule has 1 heterocycles. The highest BCUT2D eigenvalue weighted by atomic mass is 16.2. The number of anilines is 1. The second-order valence-corrected chi connectivity index (χ2v) is 6.69. The fourth-order valence-corrected chi connectivity index (χ4v) is 2.87. The van der Waals surface area contributed by atoms with E-state index in [9.17, 15) is 4.79 Å². The van der Waals surface area contributed by atoms with Crippen LogP contribution in [0.5, 0.6) is 0 Å². The quantitative estimate of drug-likeness (QED) is 0.691. The molecule has 3 aromatic rings. The van der Waals surface area contributed by atoms with Crippen molar-refractivity contribution in [1.82, 2.24) is 14.5 Å². The first-order chi connectivity index (χ1) is 13.1. The highest BCUT2D eigenvalue weighted by Crippen LogP contribution is 2.13. The Morgan fingerprint density at radius 2 is 1.81 bits per heavy atom. The maximum atomic E-state index is 12.8. The van der Waals surface area contributed by atoms with Gasteiger partial charge in [0.1, 0.15) is 5.82 Å². The molecule has 0 aliphatic rings. The molecule has 0 saturated heterocycles. The van der Waals surface area contributed by atoms with Gasteiger partial charge >= 0.3 is 0 Å². The number of nitrogens with zero attached hydrogens (tertiary/aromatic N) is 3. The monoisotopic (exact) mass is 362 g/mol. The Morgan fingerprint density at radius 3 is 2.41 bits per heavy atom. The molecule has 0 fully saturated rings. The van der Waals surface area contributed by atoms with Gasteiger partial charge in [0.25, 0.3) is 5.91 Å². The van der Waals surface area contributed by atoms with Gasteiger partial charge in [-0.2, -0.15) is 0 Å². The summed E-state index contributed by atoms with van der Waals surface area (Å²) in [5.41, 5.74) is 4.17. The molecule has 5 heteroatoms. The maximum absolute atomic E-state index is 12.8. The second kappa shape index (κ2) is 8.54. The number of carbonyl (C=O) groups excluding carboxylic acids is 1. The Bertz CT molecular complexity index is 881. The van der Waals surface area contributed by atoms with Crippen LogP contribution in [0, 0.1) is 6.92 Å². The molecule has 0 spiro atoms. The topological polar surface area (TPSA) is 50.2 Å². The SMILES string of the molecule is CCN(Cc1nccn1C)C(=O)c1ccc(CNc2ccc(C)cc2)cc1. The molecule has 0 saturated carbocycles. The third kappa shape index (κ3) is 4.76. The lowest BCUT2D eigenvalue weighted by Gasteiger charge is -2.20. The first kappa shape index (κ1) is 18.7. The first-order valence-electron chi connectivity index (χ1n) is 9.21. The summed E-state index contributed by atoms with van der Waals surface area (Å²) in [6.07, 6.45) is 3.65. The van der Waals surface area contributed by atoms with Crippen LogP contribution in [0.15, 0.2) is 60.9 Å². The third-order valence-electron chi connectivity index (χ3n) is 4.67. The van der Waals surface area contributed by atoms with Gasteiger partial charge in [-0.15, -0.1) is 0 Å². The lowest BCUT2D eigenvalue weighted by Crippen LogP contribution is -2.31. The van der Waals surface area contributed by atoms with Crippen molar-refractivity contribution in [2.75, 3.05) is 11.9 Å². The van der Waals surface area contributed by atoms with Crippen molar-refractivity contribution >= 4 is 11.6 Å². The molecular formula is C22H26N4O. The summed E-state index contributed by atoms with van der Waals surface area (Å²) >= 11 is 0. The van der Waals surface area contributed by atoms with Crippen LogP contribution in [0.3, 0.4) is 0 Å². The van der Waals surface area contributed by atoms with E-state index in [4.69, 9.17) is 0 Å². The first-order valence-corrected chi connectivity index (χ1v) is 9.21. The molecule has 3 rings (SSSR count). The van der Waals surface area contributed by atoms with Crippen molar-refractivity contribution in [2.45, 2.75) is 26.9 Å². The molecule has 27 heavy (non-hydrogen) atoms. The van der Waals surface area contributed by atoms with Gasteiger partial charge in [0.05, 0.1) is 6.54 Å². The van der Waals surface area contributed by atoms with Crippen molar-refractivity contribution in [1.29, 1.82) is 0 Å². The van der Waals surface area contributed by atoms with Crippen LogP contribution < -0.4 is 5.32 Å². The standard InChI is InChI=1S/C22H26N4O/c1-4-26(16-21-23-13-14-25(21)3)22(27)19-9-7-18(8-10-19)15-24-20-11-5-17(2)6-12-20/h5-14,24H,4,15-16H2,1-3H3. The van der Waals surface area contributed by atoms with Crippen LogP contribution in [0.2, 0.25) is 0 Å². The van der Waals surface area contributed by atoms with Crippen molar-refractivity contribution in [3.63, 3.8) is 0 Å². The fraction of sp³-hybridized carbons (Fsp3) is 0.273. The highest BCUT2D eigenvalue weighted by Gasteiger charge is 2.16. The zero-order valence-corrected chi connectivity index (χ0v) is 16.1. The number of carbonyl (C=O) groups is 1. The van der Waals surface area contributed by atoms with Crippen LogP contribution in [-0.4, -0.2) is 26.9 Å². The molecule has 0 atom stereocenters. The molecule has 0 aliphatic heterocycles. The number of imidazole rings is 1. The minimum Gasteiger partial charge on any atom is -0.381 e. The Kier molecular flexibility index (Phi) is 5.91. The molecule has 1 amide bonds. The summed E-state index contributed by atoms with van der Waals surface area (Å²) in [6, 6.07) is 16.1. The molecule has 0 bridgehead atoms. The van der Waals surface area contributed by atoms with Crippen molar-refractivity contribution in [3.8, 4) is 0 Å². The van der Waals surface area contributed by atoms with E-state index >= 15 is 0 Å². The largest absolute Gasteiger partial charge is 0.381 e. The van der Waals surface area contributed by atoms with Gasteiger partial charge in [-0.1, -0.05) is 29.8 Å². The van der Waals surface area contributed by atoms with E-state index in [0.717, 1.165) is 23.6 Å². The van der Waals surface area contributed by atoms with Crippen LogP contribution in [-0.2, 0) is 20.1 Å². The molecule has 140 valence electrons. The molecule has 1 aromatic heterocycles. The Hall–Kier alpha value is -3.08. The van der Waals surface area contributed by atoms with E-state index in [1.807, 2.05) is 53.9 Å². The van der Waals surface area contributed by atoms with E-state index in [2.05, 4.69) is 41.5 Å². The number of aryl methyl sites for hydroxylation is 2. The van der Waals surface area contributed by atoms with Gasteiger partial charge in [0.2, 0.25) is 0 Å². The lowest BCUT2D eigenvalue weighted by molar-refractivity contribution is 0.0747. The van der Waals surface area contributed by atoms with Gasteiger partial charge in [-0.05, 0) is 43.7 Å². The number of rotatable bonds is 7. The molecule has 2 aromatic carbocycles. The predicted octanol–water partition coefficient (Wildman–Crippen LogP) is 4.00. The summed E-state index contributed by atoms with van der Waals surface area (Å²) in [4.78, 5) is 18.9.